The van der Waals surface area contributed by atoms with Crippen molar-refractivity contribution in [1.29, 1.82) is 0 Å². The van der Waals surface area contributed by atoms with E-state index in [1.54, 1.807) is 4.90 Å². The summed E-state index contributed by atoms with van der Waals surface area (Å²) < 4.78 is 11.0. The van der Waals surface area contributed by atoms with Crippen molar-refractivity contribution in [2.45, 2.75) is 57.7 Å². The van der Waals surface area contributed by atoms with Crippen molar-refractivity contribution in [1.82, 2.24) is 4.90 Å². The van der Waals surface area contributed by atoms with Crippen LogP contribution in [0.25, 0.3) is 0 Å². The standard InChI is InChI=1S/C13H24NO3Si/c1-13(2,3)17-12(15)14-7-4-6-11(14)10-16-8-5-9-18/h11H,4-10H2,1-3H3. The fourth-order valence-corrected chi connectivity index (χ4v) is 2.11. The molecule has 0 aromatic heterocycles. The van der Waals surface area contributed by atoms with E-state index >= 15 is 0 Å². The number of carbonyl (C=O) groups excluding carboxylic acids is 1. The normalized spacial score (nSPS) is 20.2. The van der Waals surface area contributed by atoms with Gasteiger partial charge >= 0.3 is 6.09 Å². The molecule has 0 aromatic rings. The molecule has 5 heteroatoms. The molecule has 3 radical (unpaired) electrons. The van der Waals surface area contributed by atoms with Gasteiger partial charge in [0.05, 0.1) is 12.6 Å². The van der Waals surface area contributed by atoms with Gasteiger partial charge in [0.2, 0.25) is 0 Å². The molecule has 1 fully saturated rings. The van der Waals surface area contributed by atoms with Gasteiger partial charge in [-0.1, -0.05) is 6.04 Å². The Hall–Kier alpha value is -0.553. The maximum absolute atomic E-state index is 12.0. The Morgan fingerprint density at radius 2 is 2.17 bits per heavy atom. The predicted molar refractivity (Wildman–Crippen MR) is 72.0 cm³/mol. The van der Waals surface area contributed by atoms with E-state index in [9.17, 15) is 4.79 Å². The molecule has 1 amide bonds. The van der Waals surface area contributed by atoms with Crippen molar-refractivity contribution in [2.24, 2.45) is 0 Å². The Kier molecular flexibility index (Phi) is 6.15. The third-order valence-corrected chi connectivity index (χ3v) is 3.13. The number of rotatable bonds is 5. The van der Waals surface area contributed by atoms with E-state index in [0.29, 0.717) is 6.61 Å². The minimum absolute atomic E-state index is 0.176. The molecule has 1 unspecified atom stereocenters. The molecule has 0 spiro atoms. The summed E-state index contributed by atoms with van der Waals surface area (Å²) in [6, 6.07) is 1.12. The Labute approximate surface area is 113 Å². The van der Waals surface area contributed by atoms with Crippen LogP contribution in [0.4, 0.5) is 4.79 Å². The first-order valence-electron chi connectivity index (χ1n) is 6.66. The molecule has 1 aliphatic heterocycles. The van der Waals surface area contributed by atoms with Crippen LogP contribution in [0.5, 0.6) is 0 Å². The van der Waals surface area contributed by atoms with Crippen molar-refractivity contribution in [3.8, 4) is 0 Å². The number of hydrogen-bond acceptors (Lipinski definition) is 3. The van der Waals surface area contributed by atoms with Gasteiger partial charge in [-0.2, -0.15) is 0 Å². The number of ether oxygens (including phenoxy) is 2. The minimum atomic E-state index is -0.430. The Morgan fingerprint density at radius 3 is 2.78 bits per heavy atom. The molecule has 4 nitrogen and oxygen atoms in total. The van der Waals surface area contributed by atoms with Crippen molar-refractivity contribution in [3.63, 3.8) is 0 Å². The summed E-state index contributed by atoms with van der Waals surface area (Å²) >= 11 is 0. The third-order valence-electron chi connectivity index (χ3n) is 2.78. The zero-order valence-corrected chi connectivity index (χ0v) is 12.7. The maximum atomic E-state index is 12.0. The van der Waals surface area contributed by atoms with Gasteiger partial charge < -0.3 is 14.4 Å². The van der Waals surface area contributed by atoms with Crippen LogP contribution >= 0.6 is 0 Å². The van der Waals surface area contributed by atoms with E-state index in [1.807, 2.05) is 20.8 Å². The summed E-state index contributed by atoms with van der Waals surface area (Å²) in [5, 5.41) is 0. The molecule has 0 saturated carbocycles. The molecule has 1 saturated heterocycles. The molecular weight excluding hydrogens is 246 g/mol. The summed E-state index contributed by atoms with van der Waals surface area (Å²) in [6.07, 6.45) is 2.82. The lowest BCUT2D eigenvalue weighted by atomic mass is 10.2. The van der Waals surface area contributed by atoms with Crippen LogP contribution in [0.1, 0.15) is 40.0 Å². The minimum Gasteiger partial charge on any atom is -0.444 e. The van der Waals surface area contributed by atoms with Gasteiger partial charge in [-0.3, -0.25) is 0 Å². The van der Waals surface area contributed by atoms with E-state index in [0.717, 1.165) is 38.5 Å². The lowest BCUT2D eigenvalue weighted by Crippen LogP contribution is -2.41. The highest BCUT2D eigenvalue weighted by Crippen LogP contribution is 2.21. The fourth-order valence-electron chi connectivity index (χ4n) is 1.96. The van der Waals surface area contributed by atoms with E-state index < -0.39 is 5.60 Å². The van der Waals surface area contributed by atoms with Crippen LogP contribution in [0.3, 0.4) is 0 Å². The largest absolute Gasteiger partial charge is 0.444 e. The molecule has 0 N–H and O–H groups in total. The summed E-state index contributed by atoms with van der Waals surface area (Å²) in [6.45, 7) is 7.81. The van der Waals surface area contributed by atoms with E-state index in [-0.39, 0.29) is 12.1 Å². The average Bonchev–Trinajstić information content (AvgIpc) is 2.70. The molecule has 0 bridgehead atoms. The van der Waals surface area contributed by atoms with Gasteiger partial charge in [-0.05, 0) is 40.0 Å². The quantitative estimate of drug-likeness (QED) is 0.569. The van der Waals surface area contributed by atoms with E-state index in [2.05, 4.69) is 10.2 Å². The van der Waals surface area contributed by atoms with Gasteiger partial charge in [-0.15, -0.1) is 0 Å². The highest BCUT2D eigenvalue weighted by molar-refractivity contribution is 6.08. The maximum Gasteiger partial charge on any atom is 0.410 e. The SMILES string of the molecule is CC(C)(C)OC(=O)N1CCCC1COCCC[Si]. The van der Waals surface area contributed by atoms with Gasteiger partial charge in [0, 0.05) is 23.4 Å². The van der Waals surface area contributed by atoms with Crippen LogP contribution in [-0.2, 0) is 9.47 Å². The van der Waals surface area contributed by atoms with Crippen molar-refractivity contribution < 1.29 is 14.3 Å². The van der Waals surface area contributed by atoms with Gasteiger partial charge in [0.1, 0.15) is 5.60 Å². The molecule has 103 valence electrons. The van der Waals surface area contributed by atoms with Crippen molar-refractivity contribution >= 4 is 16.3 Å². The Bertz CT molecular complexity index is 265. The molecule has 1 atom stereocenters. The van der Waals surface area contributed by atoms with Crippen molar-refractivity contribution in [3.05, 3.63) is 0 Å². The van der Waals surface area contributed by atoms with Crippen molar-refractivity contribution in [2.75, 3.05) is 19.8 Å². The molecule has 18 heavy (non-hydrogen) atoms. The lowest BCUT2D eigenvalue weighted by molar-refractivity contribution is 0.0107. The molecule has 1 aliphatic rings. The second-order valence-corrected chi connectivity index (χ2v) is 6.15. The number of nitrogens with zero attached hydrogens (tertiary/aromatic N) is 1. The zero-order chi connectivity index (χ0) is 13.6. The van der Waals surface area contributed by atoms with Crippen LogP contribution < -0.4 is 0 Å². The summed E-state index contributed by atoms with van der Waals surface area (Å²) in [5.74, 6) is 0. The molecule has 0 aromatic carbocycles. The highest BCUT2D eigenvalue weighted by atomic mass is 28.1. The van der Waals surface area contributed by atoms with Crippen LogP contribution in [0, 0.1) is 0 Å². The Balaban J connectivity index is 2.36. The summed E-state index contributed by atoms with van der Waals surface area (Å²) in [7, 11) is 3.41. The van der Waals surface area contributed by atoms with Crippen LogP contribution in [-0.4, -0.2) is 52.6 Å². The fraction of sp³-hybridized carbons (Fsp3) is 0.923. The number of carbonyl (C=O) groups is 1. The van der Waals surface area contributed by atoms with Gasteiger partial charge in [0.25, 0.3) is 0 Å². The number of amides is 1. The van der Waals surface area contributed by atoms with E-state index in [4.69, 9.17) is 9.47 Å². The lowest BCUT2D eigenvalue weighted by Gasteiger charge is -2.28. The number of likely N-dealkylation sites (tertiary alicyclic amines) is 1. The molecule has 1 heterocycles. The third kappa shape index (κ3) is 5.39. The molecular formula is C13H24NO3Si. The smallest absolute Gasteiger partial charge is 0.410 e. The first-order valence-corrected chi connectivity index (χ1v) is 7.36. The predicted octanol–water partition coefficient (Wildman–Crippen LogP) is 2.38. The topological polar surface area (TPSA) is 38.8 Å². The van der Waals surface area contributed by atoms with Crippen LogP contribution in [0.2, 0.25) is 6.04 Å². The zero-order valence-electron chi connectivity index (χ0n) is 11.7. The van der Waals surface area contributed by atoms with Gasteiger partial charge in [0.15, 0.2) is 0 Å². The molecule has 0 aliphatic carbocycles. The second-order valence-electron chi connectivity index (χ2n) is 5.65. The monoisotopic (exact) mass is 270 g/mol. The molecule has 1 rings (SSSR count). The van der Waals surface area contributed by atoms with E-state index in [1.165, 1.54) is 0 Å². The summed E-state index contributed by atoms with van der Waals surface area (Å²) in [4.78, 5) is 13.8. The average molecular weight is 270 g/mol. The second kappa shape index (κ2) is 7.14. The first-order chi connectivity index (χ1) is 8.44. The Morgan fingerprint density at radius 1 is 1.44 bits per heavy atom. The van der Waals surface area contributed by atoms with Gasteiger partial charge in [-0.25, -0.2) is 4.79 Å². The first kappa shape index (κ1) is 15.5. The van der Waals surface area contributed by atoms with Crippen LogP contribution in [0.15, 0.2) is 0 Å². The number of hydrogen-bond donors (Lipinski definition) is 0. The highest BCUT2D eigenvalue weighted by Gasteiger charge is 2.32. The summed E-state index contributed by atoms with van der Waals surface area (Å²) in [5.41, 5.74) is -0.430.